The van der Waals surface area contributed by atoms with E-state index in [0.717, 1.165) is 37.7 Å². The van der Waals surface area contributed by atoms with E-state index in [2.05, 4.69) is 0 Å². The lowest BCUT2D eigenvalue weighted by Gasteiger charge is -2.38. The Morgan fingerprint density at radius 2 is 1.75 bits per heavy atom. The van der Waals surface area contributed by atoms with Crippen molar-refractivity contribution in [3.05, 3.63) is 41.1 Å². The summed E-state index contributed by atoms with van der Waals surface area (Å²) < 4.78 is 33.4. The van der Waals surface area contributed by atoms with Crippen LogP contribution in [0.2, 0.25) is 0 Å². The fourth-order valence-electron chi connectivity index (χ4n) is 4.12. The van der Waals surface area contributed by atoms with Crippen LogP contribution in [-0.4, -0.2) is 30.8 Å². The van der Waals surface area contributed by atoms with Gasteiger partial charge in [0.15, 0.2) is 5.60 Å². The average Bonchev–Trinajstić information content (AvgIpc) is 3.11. The van der Waals surface area contributed by atoms with Gasteiger partial charge in [0, 0.05) is 13.0 Å². The SMILES string of the molecule is Cc1ccc(S(=O)(=O)N2CCC3=C2C2(CCCCC2)OC3=O)cc1. The van der Waals surface area contributed by atoms with Gasteiger partial charge in [0.2, 0.25) is 0 Å². The van der Waals surface area contributed by atoms with Crippen LogP contribution in [0.4, 0.5) is 0 Å². The maximum absolute atomic E-state index is 13.1. The summed E-state index contributed by atoms with van der Waals surface area (Å²) in [5, 5.41) is 0. The molecular formula is C18H21NO4S. The number of esters is 1. The van der Waals surface area contributed by atoms with Crippen molar-refractivity contribution in [1.82, 2.24) is 4.31 Å². The highest BCUT2D eigenvalue weighted by atomic mass is 32.2. The van der Waals surface area contributed by atoms with Gasteiger partial charge in [-0.05, 0) is 44.7 Å². The molecule has 1 aliphatic carbocycles. The molecule has 1 fully saturated rings. The first kappa shape index (κ1) is 15.7. The first-order valence-corrected chi connectivity index (χ1v) is 9.94. The van der Waals surface area contributed by atoms with Crippen molar-refractivity contribution in [3.8, 4) is 0 Å². The summed E-state index contributed by atoms with van der Waals surface area (Å²) in [5.74, 6) is -0.325. The fraction of sp³-hybridized carbons (Fsp3) is 0.500. The number of carbonyl (C=O) groups is 1. The molecule has 3 aliphatic rings. The molecule has 0 saturated heterocycles. The molecular weight excluding hydrogens is 326 g/mol. The third-order valence-electron chi connectivity index (χ3n) is 5.34. The van der Waals surface area contributed by atoms with Crippen LogP contribution in [0.15, 0.2) is 40.4 Å². The number of benzene rings is 1. The van der Waals surface area contributed by atoms with Gasteiger partial charge in [-0.1, -0.05) is 24.1 Å². The predicted molar refractivity (Wildman–Crippen MR) is 88.6 cm³/mol. The number of hydrogen-bond donors (Lipinski definition) is 0. The normalized spacial score (nSPS) is 22.9. The first-order chi connectivity index (χ1) is 11.4. The molecule has 1 spiro atoms. The molecule has 1 aromatic carbocycles. The van der Waals surface area contributed by atoms with Crippen LogP contribution < -0.4 is 0 Å². The molecule has 0 radical (unpaired) electrons. The van der Waals surface area contributed by atoms with Crippen LogP contribution in [0.3, 0.4) is 0 Å². The molecule has 0 bridgehead atoms. The molecule has 2 heterocycles. The molecule has 4 rings (SSSR count). The van der Waals surface area contributed by atoms with Crippen LogP contribution in [0.1, 0.15) is 44.1 Å². The first-order valence-electron chi connectivity index (χ1n) is 8.50. The number of fused-ring (bicyclic) bond motifs is 1. The number of ether oxygens (including phenoxy) is 1. The van der Waals surface area contributed by atoms with Crippen molar-refractivity contribution in [2.24, 2.45) is 0 Å². The molecule has 0 aromatic heterocycles. The van der Waals surface area contributed by atoms with Gasteiger partial charge in [0.1, 0.15) is 0 Å². The highest BCUT2D eigenvalue weighted by Crippen LogP contribution is 2.49. The lowest BCUT2D eigenvalue weighted by atomic mass is 9.82. The minimum Gasteiger partial charge on any atom is -0.449 e. The van der Waals surface area contributed by atoms with E-state index >= 15 is 0 Å². The van der Waals surface area contributed by atoms with E-state index < -0.39 is 15.6 Å². The molecule has 24 heavy (non-hydrogen) atoms. The highest BCUT2D eigenvalue weighted by Gasteiger charge is 2.54. The zero-order valence-corrected chi connectivity index (χ0v) is 14.6. The number of hydrogen-bond acceptors (Lipinski definition) is 4. The van der Waals surface area contributed by atoms with Crippen LogP contribution in [0.5, 0.6) is 0 Å². The second-order valence-corrected chi connectivity index (χ2v) is 8.77. The summed E-state index contributed by atoms with van der Waals surface area (Å²) >= 11 is 0. The quantitative estimate of drug-likeness (QED) is 0.772. The van der Waals surface area contributed by atoms with E-state index in [9.17, 15) is 13.2 Å². The molecule has 5 nitrogen and oxygen atoms in total. The van der Waals surface area contributed by atoms with Crippen molar-refractivity contribution < 1.29 is 17.9 Å². The molecule has 1 saturated carbocycles. The number of rotatable bonds is 2. The Morgan fingerprint density at radius 1 is 1.08 bits per heavy atom. The van der Waals surface area contributed by atoms with E-state index in [1.54, 1.807) is 24.3 Å². The van der Waals surface area contributed by atoms with E-state index in [4.69, 9.17) is 4.74 Å². The molecule has 0 atom stereocenters. The van der Waals surface area contributed by atoms with E-state index in [1.807, 2.05) is 6.92 Å². The summed E-state index contributed by atoms with van der Waals surface area (Å²) in [5.41, 5.74) is 1.47. The number of nitrogens with zero attached hydrogens (tertiary/aromatic N) is 1. The Hall–Kier alpha value is -1.82. The summed E-state index contributed by atoms with van der Waals surface area (Å²) in [4.78, 5) is 12.6. The van der Waals surface area contributed by atoms with Crippen LogP contribution in [-0.2, 0) is 19.6 Å². The second kappa shape index (κ2) is 5.34. The Balaban J connectivity index is 1.77. The summed E-state index contributed by atoms with van der Waals surface area (Å²) in [6, 6.07) is 6.86. The maximum atomic E-state index is 13.1. The fourth-order valence-corrected chi connectivity index (χ4v) is 5.71. The largest absolute Gasteiger partial charge is 0.449 e. The van der Waals surface area contributed by atoms with E-state index in [-0.39, 0.29) is 10.9 Å². The van der Waals surface area contributed by atoms with Gasteiger partial charge < -0.3 is 4.74 Å². The van der Waals surface area contributed by atoms with E-state index in [1.165, 1.54) is 4.31 Å². The molecule has 128 valence electrons. The minimum absolute atomic E-state index is 0.271. The third kappa shape index (κ3) is 2.19. The third-order valence-corrected chi connectivity index (χ3v) is 7.15. The van der Waals surface area contributed by atoms with Gasteiger partial charge in [0.25, 0.3) is 10.0 Å². The smallest absolute Gasteiger partial charge is 0.336 e. The van der Waals surface area contributed by atoms with Crippen molar-refractivity contribution in [2.75, 3.05) is 6.54 Å². The molecule has 6 heteroatoms. The molecule has 1 aromatic rings. The Labute approximate surface area is 142 Å². The van der Waals surface area contributed by atoms with Crippen molar-refractivity contribution in [3.63, 3.8) is 0 Å². The standard InChI is InChI=1S/C18H21NO4S/c1-13-5-7-14(8-6-13)24(21,22)19-12-9-15-16(19)18(23-17(15)20)10-3-2-4-11-18/h5-8H,2-4,9-12H2,1H3. The highest BCUT2D eigenvalue weighted by molar-refractivity contribution is 7.89. The maximum Gasteiger partial charge on any atom is 0.336 e. The number of sulfonamides is 1. The average molecular weight is 347 g/mol. The zero-order valence-electron chi connectivity index (χ0n) is 13.7. The van der Waals surface area contributed by atoms with Gasteiger partial charge in [-0.2, -0.15) is 0 Å². The second-order valence-electron chi connectivity index (χ2n) is 6.91. The van der Waals surface area contributed by atoms with Crippen LogP contribution >= 0.6 is 0 Å². The van der Waals surface area contributed by atoms with Crippen LogP contribution in [0.25, 0.3) is 0 Å². The Bertz CT molecular complexity index is 817. The number of carbonyl (C=O) groups excluding carboxylic acids is 1. The molecule has 2 aliphatic heterocycles. The van der Waals surface area contributed by atoms with E-state index in [0.29, 0.717) is 24.2 Å². The summed E-state index contributed by atoms with van der Waals surface area (Å²) in [7, 11) is -3.67. The Morgan fingerprint density at radius 3 is 2.42 bits per heavy atom. The molecule has 0 amide bonds. The van der Waals surface area contributed by atoms with Gasteiger partial charge in [-0.15, -0.1) is 0 Å². The van der Waals surface area contributed by atoms with Crippen molar-refractivity contribution in [2.45, 2.75) is 55.9 Å². The lowest BCUT2D eigenvalue weighted by molar-refractivity contribution is -0.150. The summed E-state index contributed by atoms with van der Waals surface area (Å²) in [6.45, 7) is 2.26. The Kier molecular flexibility index (Phi) is 3.49. The van der Waals surface area contributed by atoms with Crippen molar-refractivity contribution >= 4 is 16.0 Å². The molecule has 0 N–H and O–H groups in total. The predicted octanol–water partition coefficient (Wildman–Crippen LogP) is 2.90. The van der Waals surface area contributed by atoms with Gasteiger partial charge in [0.05, 0.1) is 16.2 Å². The van der Waals surface area contributed by atoms with Gasteiger partial charge >= 0.3 is 5.97 Å². The monoisotopic (exact) mass is 347 g/mol. The summed E-state index contributed by atoms with van der Waals surface area (Å²) in [6.07, 6.45) is 4.91. The lowest BCUT2D eigenvalue weighted by Crippen LogP contribution is -2.43. The zero-order chi connectivity index (χ0) is 16.9. The van der Waals surface area contributed by atoms with Crippen molar-refractivity contribution in [1.29, 1.82) is 0 Å². The van der Waals surface area contributed by atoms with Crippen LogP contribution in [0, 0.1) is 6.92 Å². The van der Waals surface area contributed by atoms with Gasteiger partial charge in [-0.3, -0.25) is 4.31 Å². The topological polar surface area (TPSA) is 63.7 Å². The number of aryl methyl sites for hydroxylation is 1. The minimum atomic E-state index is -3.67. The van der Waals surface area contributed by atoms with Gasteiger partial charge in [-0.25, -0.2) is 13.2 Å². The molecule has 0 unspecified atom stereocenters.